The molecule has 0 spiro atoms. The van der Waals surface area contributed by atoms with E-state index in [1.165, 1.54) is 0 Å². The molecule has 2 unspecified atom stereocenters. The molecular weight excluding hydrogens is 490 g/mol. The summed E-state index contributed by atoms with van der Waals surface area (Å²) in [6.45, 7) is 4.31. The highest BCUT2D eigenvalue weighted by atomic mass is 35.5. The van der Waals surface area contributed by atoms with Gasteiger partial charge in [0.15, 0.2) is 0 Å². The number of rotatable bonds is 5. The average molecular weight is 524 g/mol. The molecule has 5 aliphatic rings. The molecule has 4 N–H and O–H groups in total. The lowest BCUT2D eigenvalue weighted by Crippen LogP contribution is -2.61. The van der Waals surface area contributed by atoms with E-state index in [4.69, 9.17) is 22.3 Å². The van der Waals surface area contributed by atoms with Crippen LogP contribution in [-0.4, -0.2) is 59.2 Å². The van der Waals surface area contributed by atoms with Gasteiger partial charge in [-0.15, -0.1) is 0 Å². The molecule has 7 rings (SSSR count). The molecule has 8 nitrogen and oxygen atoms in total. The first-order valence-corrected chi connectivity index (χ1v) is 13.7. The summed E-state index contributed by atoms with van der Waals surface area (Å²) < 4.78 is 0. The highest BCUT2D eigenvalue weighted by Crippen LogP contribution is 2.55. The molecule has 5 fully saturated rings. The molecule has 196 valence electrons. The number of carbonyl (C=O) groups excluding carboxylic acids is 2. The number of halogens is 1. The Morgan fingerprint density at radius 3 is 2.54 bits per heavy atom. The van der Waals surface area contributed by atoms with Crippen LogP contribution in [0.3, 0.4) is 0 Å². The minimum atomic E-state index is -0.512. The molecule has 37 heavy (non-hydrogen) atoms. The number of primary amides is 1. The van der Waals surface area contributed by atoms with E-state index < -0.39 is 11.5 Å². The number of aromatic nitrogens is 1. The largest absolute Gasteiger partial charge is 0.390 e. The van der Waals surface area contributed by atoms with Crippen LogP contribution in [0.1, 0.15) is 59.9 Å². The van der Waals surface area contributed by atoms with Gasteiger partial charge in [0, 0.05) is 37.3 Å². The predicted molar refractivity (Wildman–Crippen MR) is 143 cm³/mol. The summed E-state index contributed by atoms with van der Waals surface area (Å²) in [7, 11) is 0. The molecule has 1 aromatic carbocycles. The molecule has 9 heteroatoms. The minimum Gasteiger partial charge on any atom is -0.390 e. The van der Waals surface area contributed by atoms with Gasteiger partial charge in [-0.25, -0.2) is 4.98 Å². The van der Waals surface area contributed by atoms with Gasteiger partial charge in [0.2, 0.25) is 5.91 Å². The van der Waals surface area contributed by atoms with Crippen LogP contribution >= 0.6 is 11.6 Å². The highest BCUT2D eigenvalue weighted by Gasteiger charge is 2.55. The minimum absolute atomic E-state index is 0.126. The summed E-state index contributed by atoms with van der Waals surface area (Å²) in [5.41, 5.74) is 6.56. The third-order valence-corrected chi connectivity index (χ3v) is 9.30. The van der Waals surface area contributed by atoms with E-state index >= 15 is 0 Å². The summed E-state index contributed by atoms with van der Waals surface area (Å²) in [6, 6.07) is 11.1. The number of anilines is 2. The second-order valence-electron chi connectivity index (χ2n) is 11.6. The van der Waals surface area contributed by atoms with Crippen molar-refractivity contribution < 1.29 is 14.7 Å². The first kappa shape index (κ1) is 24.5. The van der Waals surface area contributed by atoms with Crippen molar-refractivity contribution in [3.63, 3.8) is 0 Å². The predicted octanol–water partition coefficient (Wildman–Crippen LogP) is 3.22. The number of pyridine rings is 1. The van der Waals surface area contributed by atoms with Crippen molar-refractivity contribution in [2.24, 2.45) is 23.5 Å². The van der Waals surface area contributed by atoms with E-state index in [9.17, 15) is 14.7 Å². The van der Waals surface area contributed by atoms with Crippen molar-refractivity contribution in [2.45, 2.75) is 56.7 Å². The average Bonchev–Trinajstić information content (AvgIpc) is 2.85. The molecule has 2 aromatic rings. The summed E-state index contributed by atoms with van der Waals surface area (Å²) in [4.78, 5) is 33.9. The Morgan fingerprint density at radius 1 is 1.14 bits per heavy atom. The van der Waals surface area contributed by atoms with Crippen molar-refractivity contribution >= 4 is 34.9 Å². The summed E-state index contributed by atoms with van der Waals surface area (Å²) >= 11 is 6.46. The van der Waals surface area contributed by atoms with Crippen LogP contribution < -0.4 is 20.9 Å². The van der Waals surface area contributed by atoms with Crippen molar-refractivity contribution in [2.75, 3.05) is 29.4 Å². The van der Waals surface area contributed by atoms with Gasteiger partial charge in [0.1, 0.15) is 11.5 Å². The Labute approximate surface area is 222 Å². The quantitative estimate of drug-likeness (QED) is 0.555. The van der Waals surface area contributed by atoms with Crippen LogP contribution in [-0.2, 0) is 0 Å². The van der Waals surface area contributed by atoms with Crippen LogP contribution in [0.15, 0.2) is 36.4 Å². The number of benzene rings is 1. The van der Waals surface area contributed by atoms with E-state index in [-0.39, 0.29) is 18.0 Å². The molecule has 1 aliphatic heterocycles. The molecule has 2 heterocycles. The number of nitrogens with one attached hydrogen (secondary N) is 1. The molecule has 1 saturated heterocycles. The van der Waals surface area contributed by atoms with Crippen LogP contribution in [0.4, 0.5) is 11.5 Å². The molecule has 4 bridgehead atoms. The fraction of sp³-hybridized carbons (Fsp3) is 0.536. The normalized spacial score (nSPS) is 32.5. The van der Waals surface area contributed by atoms with Gasteiger partial charge < -0.3 is 26.0 Å². The van der Waals surface area contributed by atoms with E-state index in [2.05, 4.69) is 22.0 Å². The smallest absolute Gasteiger partial charge is 0.270 e. The summed E-state index contributed by atoms with van der Waals surface area (Å²) in [5, 5.41) is 14.7. The maximum atomic E-state index is 13.3. The summed E-state index contributed by atoms with van der Waals surface area (Å²) in [5.74, 6) is 1.49. The lowest BCUT2D eigenvalue weighted by atomic mass is 9.52. The van der Waals surface area contributed by atoms with Crippen LogP contribution in [0.2, 0.25) is 5.02 Å². The topological polar surface area (TPSA) is 112 Å². The van der Waals surface area contributed by atoms with Gasteiger partial charge in [-0.2, -0.15) is 0 Å². The number of piperazine rings is 1. The molecule has 4 saturated carbocycles. The molecule has 1 aromatic heterocycles. The van der Waals surface area contributed by atoms with Crippen molar-refractivity contribution in [3.05, 3.63) is 52.7 Å². The van der Waals surface area contributed by atoms with Gasteiger partial charge >= 0.3 is 0 Å². The Balaban J connectivity index is 1.13. The molecule has 2 amide bonds. The molecular formula is C28H34ClN5O3. The number of amides is 2. The molecule has 4 aliphatic carbocycles. The van der Waals surface area contributed by atoms with Gasteiger partial charge in [0.25, 0.3) is 5.91 Å². The fourth-order valence-electron chi connectivity index (χ4n) is 7.59. The van der Waals surface area contributed by atoms with Crippen molar-refractivity contribution in [3.8, 4) is 0 Å². The molecule has 3 atom stereocenters. The maximum Gasteiger partial charge on any atom is 0.270 e. The summed E-state index contributed by atoms with van der Waals surface area (Å²) in [6.07, 6.45) is 4.74. The van der Waals surface area contributed by atoms with E-state index in [0.717, 1.165) is 63.2 Å². The first-order chi connectivity index (χ1) is 17.7. The van der Waals surface area contributed by atoms with Gasteiger partial charge in [-0.05, 0) is 87.1 Å². The number of nitrogens with two attached hydrogens (primary N) is 1. The fourth-order valence-corrected chi connectivity index (χ4v) is 7.89. The lowest BCUT2D eigenvalue weighted by molar-refractivity contribution is -0.136. The van der Waals surface area contributed by atoms with Gasteiger partial charge in [-0.3, -0.25) is 9.59 Å². The number of aliphatic hydroxyl groups is 1. The van der Waals surface area contributed by atoms with Gasteiger partial charge in [-0.1, -0.05) is 17.7 Å². The Hall–Kier alpha value is -2.84. The van der Waals surface area contributed by atoms with Crippen molar-refractivity contribution in [1.82, 2.24) is 10.3 Å². The monoisotopic (exact) mass is 523 g/mol. The Bertz CT molecular complexity index is 1220. The molecule has 0 radical (unpaired) electrons. The van der Waals surface area contributed by atoms with Crippen molar-refractivity contribution in [1.29, 1.82) is 0 Å². The zero-order chi connectivity index (χ0) is 25.9. The second-order valence-corrected chi connectivity index (χ2v) is 12.0. The third kappa shape index (κ3) is 4.55. The Morgan fingerprint density at radius 2 is 1.89 bits per heavy atom. The first-order valence-electron chi connectivity index (χ1n) is 13.3. The third-order valence-electron chi connectivity index (χ3n) is 9.00. The number of carbonyl (C=O) groups is 2. The van der Waals surface area contributed by atoms with Gasteiger partial charge in [0.05, 0.1) is 16.3 Å². The number of hydrogen-bond donors (Lipinski definition) is 3. The number of hydrogen-bond acceptors (Lipinski definition) is 6. The SMILES string of the molecule is C[C@@H]1CN(c2ccc(C(N)=O)cc2Cl)CCN1c1cccc(C(=O)NC2C3CC4CC2CC(O)(C4)C3)n1. The van der Waals surface area contributed by atoms with E-state index in [0.29, 0.717) is 34.0 Å². The second kappa shape index (κ2) is 9.17. The maximum absolute atomic E-state index is 13.3. The zero-order valence-electron chi connectivity index (χ0n) is 21.1. The lowest BCUT2D eigenvalue weighted by Gasteiger charge is -2.58. The van der Waals surface area contributed by atoms with E-state index in [1.54, 1.807) is 18.2 Å². The van der Waals surface area contributed by atoms with Crippen LogP contribution in [0.5, 0.6) is 0 Å². The van der Waals surface area contributed by atoms with Crippen LogP contribution in [0, 0.1) is 17.8 Å². The Kier molecular flexibility index (Phi) is 6.07. The highest BCUT2D eigenvalue weighted by molar-refractivity contribution is 6.33. The van der Waals surface area contributed by atoms with E-state index in [1.807, 2.05) is 18.2 Å². The number of nitrogens with zero attached hydrogens (tertiary/aromatic N) is 3. The van der Waals surface area contributed by atoms with Crippen LogP contribution in [0.25, 0.3) is 0 Å². The zero-order valence-corrected chi connectivity index (χ0v) is 21.8. The standard InChI is InChI=1S/C28H34ClN5O3/c1-16-15-33(23-6-5-18(26(30)35)11-21(23)29)7-8-34(16)24-4-2-3-22(31-24)27(36)32-25-19-9-17-10-20(25)14-28(37,12-17)13-19/h2-6,11,16-17,19-20,25,37H,7-10,12-15H2,1H3,(H2,30,35)(H,32,36)/t16-,17?,19?,20?,25?,28?/m1/s1.